The zero-order valence-electron chi connectivity index (χ0n) is 12.2. The summed E-state index contributed by atoms with van der Waals surface area (Å²) in [5, 5.41) is 9.23. The van der Waals surface area contributed by atoms with Gasteiger partial charge < -0.3 is 9.84 Å². The summed E-state index contributed by atoms with van der Waals surface area (Å²) < 4.78 is 32.4. The van der Waals surface area contributed by atoms with Crippen molar-refractivity contribution in [1.82, 2.24) is 4.72 Å². The third-order valence-electron chi connectivity index (χ3n) is 3.36. The molecule has 0 spiro atoms. The fourth-order valence-corrected chi connectivity index (χ4v) is 3.60. The first-order valence-electron chi connectivity index (χ1n) is 6.62. The fourth-order valence-electron chi connectivity index (χ4n) is 2.15. The number of sulfonamides is 1. The van der Waals surface area contributed by atoms with Crippen LogP contribution in [0.25, 0.3) is 0 Å². The first-order valence-corrected chi connectivity index (χ1v) is 8.10. The fraction of sp³-hybridized carbons (Fsp3) is 0.500. The quantitative estimate of drug-likeness (QED) is 0.876. The van der Waals surface area contributed by atoms with Crippen molar-refractivity contribution in [2.24, 2.45) is 5.41 Å². The molecule has 1 aromatic carbocycles. The van der Waals surface area contributed by atoms with Crippen LogP contribution in [0.1, 0.15) is 26.3 Å². The van der Waals surface area contributed by atoms with Crippen LogP contribution in [0.4, 0.5) is 0 Å². The lowest BCUT2D eigenvalue weighted by atomic mass is 9.88. The second-order valence-corrected chi connectivity index (χ2v) is 7.84. The van der Waals surface area contributed by atoms with E-state index in [4.69, 9.17) is 4.74 Å². The van der Waals surface area contributed by atoms with Crippen LogP contribution in [-0.2, 0) is 21.2 Å². The van der Waals surface area contributed by atoms with Crippen molar-refractivity contribution >= 4 is 16.0 Å². The van der Waals surface area contributed by atoms with E-state index in [0.717, 1.165) is 5.56 Å². The van der Waals surface area contributed by atoms with Crippen molar-refractivity contribution in [2.45, 2.75) is 38.1 Å². The highest BCUT2D eigenvalue weighted by molar-refractivity contribution is 7.89. The van der Waals surface area contributed by atoms with E-state index in [2.05, 4.69) is 4.72 Å². The maximum atomic E-state index is 12.4. The van der Waals surface area contributed by atoms with Gasteiger partial charge in [-0.05, 0) is 29.2 Å². The van der Waals surface area contributed by atoms with E-state index in [-0.39, 0.29) is 4.90 Å². The van der Waals surface area contributed by atoms with Crippen molar-refractivity contribution < 1.29 is 23.1 Å². The Bertz CT molecular complexity index is 660. The van der Waals surface area contributed by atoms with E-state index >= 15 is 0 Å². The van der Waals surface area contributed by atoms with Crippen molar-refractivity contribution in [3.8, 4) is 5.75 Å². The number of fused-ring (bicyclic) bond motifs is 1. The summed E-state index contributed by atoms with van der Waals surface area (Å²) in [6, 6.07) is 3.36. The van der Waals surface area contributed by atoms with Crippen LogP contribution in [0, 0.1) is 5.41 Å². The third kappa shape index (κ3) is 3.36. The number of hydrogen-bond donors (Lipinski definition) is 2. The van der Waals surface area contributed by atoms with Gasteiger partial charge in [0.15, 0.2) is 0 Å². The number of ether oxygens (including phenoxy) is 1. The SMILES string of the molecule is CC(C)(C)[C@H](NS(=O)(=O)c1ccc2c(c1)CCO2)C(=O)O. The summed E-state index contributed by atoms with van der Waals surface area (Å²) in [5.74, 6) is -0.518. The molecule has 0 aromatic heterocycles. The molecule has 2 rings (SSSR count). The summed E-state index contributed by atoms with van der Waals surface area (Å²) in [6.07, 6.45) is 0.653. The summed E-state index contributed by atoms with van der Waals surface area (Å²) in [5.41, 5.74) is 0.0826. The summed E-state index contributed by atoms with van der Waals surface area (Å²) in [6.45, 7) is 5.55. The summed E-state index contributed by atoms with van der Waals surface area (Å²) in [7, 11) is -3.90. The van der Waals surface area contributed by atoms with E-state index < -0.39 is 27.4 Å². The Morgan fingerprint density at radius 2 is 2.05 bits per heavy atom. The van der Waals surface area contributed by atoms with E-state index in [0.29, 0.717) is 18.8 Å². The van der Waals surface area contributed by atoms with Crippen LogP contribution in [0.2, 0.25) is 0 Å². The average molecular weight is 313 g/mol. The molecule has 1 aromatic rings. The first kappa shape index (κ1) is 15.8. The lowest BCUT2D eigenvalue weighted by molar-refractivity contribution is -0.141. The minimum atomic E-state index is -3.90. The van der Waals surface area contributed by atoms with Crippen molar-refractivity contribution in [3.63, 3.8) is 0 Å². The molecule has 0 unspecified atom stereocenters. The summed E-state index contributed by atoms with van der Waals surface area (Å²) >= 11 is 0. The largest absolute Gasteiger partial charge is 0.493 e. The van der Waals surface area contributed by atoms with Gasteiger partial charge in [0.05, 0.1) is 11.5 Å². The molecule has 1 aliphatic heterocycles. The highest BCUT2D eigenvalue weighted by atomic mass is 32.2. The van der Waals surface area contributed by atoms with Crippen LogP contribution in [0.5, 0.6) is 5.75 Å². The lowest BCUT2D eigenvalue weighted by Gasteiger charge is -2.27. The van der Waals surface area contributed by atoms with Gasteiger partial charge in [0, 0.05) is 6.42 Å². The monoisotopic (exact) mass is 313 g/mol. The number of aliphatic carboxylic acids is 1. The Balaban J connectivity index is 2.32. The predicted octanol–water partition coefficient (Wildman–Crippen LogP) is 1.40. The second kappa shape index (κ2) is 5.31. The Hall–Kier alpha value is -1.60. The Labute approximate surface area is 124 Å². The van der Waals surface area contributed by atoms with E-state index in [1.165, 1.54) is 12.1 Å². The predicted molar refractivity (Wildman–Crippen MR) is 76.8 cm³/mol. The number of carbonyl (C=O) groups is 1. The van der Waals surface area contributed by atoms with Crippen molar-refractivity contribution in [2.75, 3.05) is 6.61 Å². The Morgan fingerprint density at radius 1 is 1.38 bits per heavy atom. The van der Waals surface area contributed by atoms with Gasteiger partial charge in [-0.15, -0.1) is 0 Å². The minimum absolute atomic E-state index is 0.0576. The van der Waals surface area contributed by atoms with Crippen molar-refractivity contribution in [3.05, 3.63) is 23.8 Å². The topological polar surface area (TPSA) is 92.7 Å². The van der Waals surface area contributed by atoms with Gasteiger partial charge in [0.2, 0.25) is 10.0 Å². The van der Waals surface area contributed by atoms with Gasteiger partial charge in [-0.2, -0.15) is 4.72 Å². The number of rotatable bonds is 4. The number of benzene rings is 1. The van der Waals surface area contributed by atoms with E-state index in [1.807, 2.05) is 0 Å². The molecule has 116 valence electrons. The molecule has 7 heteroatoms. The number of carboxylic acids is 1. The molecule has 0 radical (unpaired) electrons. The highest BCUT2D eigenvalue weighted by Gasteiger charge is 2.35. The van der Waals surface area contributed by atoms with Gasteiger partial charge in [0.1, 0.15) is 11.8 Å². The van der Waals surface area contributed by atoms with Gasteiger partial charge in [-0.25, -0.2) is 8.42 Å². The van der Waals surface area contributed by atoms with E-state index in [1.54, 1.807) is 26.8 Å². The van der Waals surface area contributed by atoms with Crippen LogP contribution in [0.3, 0.4) is 0 Å². The molecule has 2 N–H and O–H groups in total. The molecular weight excluding hydrogens is 294 g/mol. The maximum Gasteiger partial charge on any atom is 0.322 e. The zero-order valence-corrected chi connectivity index (χ0v) is 13.0. The van der Waals surface area contributed by atoms with E-state index in [9.17, 15) is 18.3 Å². The molecule has 1 atom stereocenters. The number of carboxylic acid groups (broad SMARTS) is 1. The molecule has 0 saturated carbocycles. The van der Waals surface area contributed by atoms with Gasteiger partial charge >= 0.3 is 5.97 Å². The molecule has 0 fully saturated rings. The molecule has 1 heterocycles. The van der Waals surface area contributed by atoms with Gasteiger partial charge in [-0.1, -0.05) is 20.8 Å². The molecular formula is C14H19NO5S. The van der Waals surface area contributed by atoms with Crippen molar-refractivity contribution in [1.29, 1.82) is 0 Å². The first-order chi connectivity index (χ1) is 9.61. The van der Waals surface area contributed by atoms with Crippen LogP contribution < -0.4 is 9.46 Å². The zero-order chi connectivity index (χ0) is 15.8. The van der Waals surface area contributed by atoms with Crippen LogP contribution in [0.15, 0.2) is 23.1 Å². The number of hydrogen-bond acceptors (Lipinski definition) is 4. The second-order valence-electron chi connectivity index (χ2n) is 6.13. The van der Waals surface area contributed by atoms with Crippen LogP contribution >= 0.6 is 0 Å². The molecule has 6 nitrogen and oxygen atoms in total. The van der Waals surface area contributed by atoms with Gasteiger partial charge in [-0.3, -0.25) is 4.79 Å². The third-order valence-corrected chi connectivity index (χ3v) is 4.78. The Morgan fingerprint density at radius 3 is 2.62 bits per heavy atom. The normalized spacial score (nSPS) is 16.1. The molecule has 1 aliphatic rings. The molecule has 21 heavy (non-hydrogen) atoms. The average Bonchev–Trinajstić information content (AvgIpc) is 2.81. The minimum Gasteiger partial charge on any atom is -0.493 e. The molecule has 0 bridgehead atoms. The molecule has 0 aliphatic carbocycles. The summed E-state index contributed by atoms with van der Waals surface area (Å²) in [4.78, 5) is 11.4. The van der Waals surface area contributed by atoms with Crippen LogP contribution in [-0.4, -0.2) is 32.1 Å². The smallest absolute Gasteiger partial charge is 0.322 e. The maximum absolute atomic E-state index is 12.4. The number of nitrogens with one attached hydrogen (secondary N) is 1. The standard InChI is InChI=1S/C14H19NO5S/c1-14(2,3)12(13(16)17)15-21(18,19)10-4-5-11-9(8-10)6-7-20-11/h4-5,8,12,15H,6-7H2,1-3H3,(H,16,17)/t12-/m1/s1. The molecule has 0 amide bonds. The Kier molecular flexibility index (Phi) is 3.99. The molecule has 0 saturated heterocycles. The van der Waals surface area contributed by atoms with Gasteiger partial charge in [0.25, 0.3) is 0 Å². The lowest BCUT2D eigenvalue weighted by Crippen LogP contribution is -2.48. The highest BCUT2D eigenvalue weighted by Crippen LogP contribution is 2.28.